The molecular weight excluding hydrogens is 344 g/mol. The lowest BCUT2D eigenvalue weighted by Crippen LogP contribution is -2.45. The molecule has 2 N–H and O–H groups in total. The minimum Gasteiger partial charge on any atom is -0.481 e. The summed E-state index contributed by atoms with van der Waals surface area (Å²) in [5, 5.41) is 1.02. The quantitative estimate of drug-likeness (QED) is 0.790. The molecule has 0 saturated heterocycles. The van der Waals surface area contributed by atoms with Gasteiger partial charge in [0.1, 0.15) is 0 Å². The number of carbonyl (C=O) groups is 1. The Labute approximate surface area is 140 Å². The monoisotopic (exact) mass is 362 g/mol. The molecule has 1 heterocycles. The highest BCUT2D eigenvalue weighted by Gasteiger charge is 2.35. The number of aromatic nitrogens is 2. The lowest BCUT2D eigenvalue weighted by atomic mass is 10.00. The first-order chi connectivity index (χ1) is 10.8. The van der Waals surface area contributed by atoms with Crippen LogP contribution < -0.4 is 14.8 Å². The number of methoxy groups -OCH3 is 1. The summed E-state index contributed by atoms with van der Waals surface area (Å²) >= 11 is 6.08. The first kappa shape index (κ1) is 17.7. The topological polar surface area (TPSA) is 110 Å². The SMILES string of the molecule is COc1cc(C)nc(NC(=O)NS(=O)(=O)C2CCCCC2Cl)n1. The fourth-order valence-corrected chi connectivity index (χ4v) is 4.58. The summed E-state index contributed by atoms with van der Waals surface area (Å²) in [6, 6.07) is 0.659. The summed E-state index contributed by atoms with van der Waals surface area (Å²) in [7, 11) is -2.43. The number of ether oxygens (including phenoxy) is 1. The molecule has 2 amide bonds. The van der Waals surface area contributed by atoms with Gasteiger partial charge in [-0.2, -0.15) is 4.98 Å². The van der Waals surface area contributed by atoms with Gasteiger partial charge >= 0.3 is 6.03 Å². The maximum Gasteiger partial charge on any atom is 0.335 e. The van der Waals surface area contributed by atoms with Crippen LogP contribution >= 0.6 is 11.6 Å². The first-order valence-corrected chi connectivity index (χ1v) is 9.16. The van der Waals surface area contributed by atoms with Crippen molar-refractivity contribution in [1.82, 2.24) is 14.7 Å². The Morgan fingerprint density at radius 3 is 2.70 bits per heavy atom. The predicted octanol–water partition coefficient (Wildman–Crippen LogP) is 1.79. The molecule has 23 heavy (non-hydrogen) atoms. The number of urea groups is 1. The molecule has 2 atom stereocenters. The van der Waals surface area contributed by atoms with Crippen molar-refractivity contribution in [2.24, 2.45) is 0 Å². The van der Waals surface area contributed by atoms with Gasteiger partial charge in [0.15, 0.2) is 0 Å². The number of alkyl halides is 1. The Hall–Kier alpha value is -1.61. The summed E-state index contributed by atoms with van der Waals surface area (Å²) < 4.78 is 31.5. The van der Waals surface area contributed by atoms with Gasteiger partial charge in [0.2, 0.25) is 21.9 Å². The normalized spacial score (nSPS) is 21.5. The van der Waals surface area contributed by atoms with E-state index in [1.807, 2.05) is 4.72 Å². The molecular formula is C13H19ClN4O4S. The van der Waals surface area contributed by atoms with Crippen molar-refractivity contribution in [3.8, 4) is 5.88 Å². The lowest BCUT2D eigenvalue weighted by molar-refractivity contribution is 0.256. The van der Waals surface area contributed by atoms with Crippen molar-refractivity contribution in [2.75, 3.05) is 12.4 Å². The van der Waals surface area contributed by atoms with Gasteiger partial charge in [0.25, 0.3) is 0 Å². The van der Waals surface area contributed by atoms with Crippen LogP contribution in [0.25, 0.3) is 0 Å². The second-order valence-corrected chi connectivity index (χ2v) is 7.78. The first-order valence-electron chi connectivity index (χ1n) is 7.18. The van der Waals surface area contributed by atoms with Gasteiger partial charge in [0.05, 0.1) is 17.7 Å². The van der Waals surface area contributed by atoms with Crippen molar-refractivity contribution in [3.63, 3.8) is 0 Å². The molecule has 1 aliphatic rings. The second-order valence-electron chi connectivity index (χ2n) is 5.32. The molecule has 0 bridgehead atoms. The maximum atomic E-state index is 12.3. The molecule has 0 aromatic carbocycles. The molecule has 2 rings (SSSR count). The molecule has 8 nitrogen and oxygen atoms in total. The van der Waals surface area contributed by atoms with Gasteiger partial charge in [0, 0.05) is 11.8 Å². The van der Waals surface area contributed by atoms with Crippen LogP contribution in [0.4, 0.5) is 10.7 Å². The van der Waals surface area contributed by atoms with Gasteiger partial charge in [-0.3, -0.25) is 5.32 Å². The molecule has 0 aliphatic heterocycles. The number of halogens is 1. The predicted molar refractivity (Wildman–Crippen MR) is 86.3 cm³/mol. The fourth-order valence-electron chi connectivity index (χ4n) is 2.43. The average molecular weight is 363 g/mol. The second kappa shape index (κ2) is 7.31. The van der Waals surface area contributed by atoms with Crippen LogP contribution in [-0.4, -0.2) is 42.2 Å². The van der Waals surface area contributed by atoms with Gasteiger partial charge in [-0.25, -0.2) is 22.9 Å². The Balaban J connectivity index is 2.05. The van der Waals surface area contributed by atoms with E-state index in [-0.39, 0.29) is 11.8 Å². The lowest BCUT2D eigenvalue weighted by Gasteiger charge is -2.26. The van der Waals surface area contributed by atoms with E-state index in [1.54, 1.807) is 13.0 Å². The number of hydrogen-bond acceptors (Lipinski definition) is 6. The van der Waals surface area contributed by atoms with Crippen LogP contribution in [0.5, 0.6) is 5.88 Å². The molecule has 1 aliphatic carbocycles. The number of amides is 2. The summed E-state index contributed by atoms with van der Waals surface area (Å²) in [5.74, 6) is 0.226. The van der Waals surface area contributed by atoms with Gasteiger partial charge in [-0.1, -0.05) is 12.8 Å². The summed E-state index contributed by atoms with van der Waals surface area (Å²) in [4.78, 5) is 19.8. The van der Waals surface area contributed by atoms with Crippen LogP contribution in [0.1, 0.15) is 31.4 Å². The zero-order chi connectivity index (χ0) is 17.0. The zero-order valence-electron chi connectivity index (χ0n) is 12.9. The van der Waals surface area contributed by atoms with Gasteiger partial charge < -0.3 is 4.74 Å². The summed E-state index contributed by atoms with van der Waals surface area (Å²) in [6.45, 7) is 1.70. The van der Waals surface area contributed by atoms with E-state index < -0.39 is 26.7 Å². The van der Waals surface area contributed by atoms with Crippen molar-refractivity contribution < 1.29 is 17.9 Å². The van der Waals surface area contributed by atoms with Crippen LogP contribution in [0.15, 0.2) is 6.07 Å². The van der Waals surface area contributed by atoms with E-state index in [0.29, 0.717) is 18.5 Å². The number of nitrogens with zero attached hydrogens (tertiary/aromatic N) is 2. The standard InChI is InChI=1S/C13H19ClN4O4S/c1-8-7-11(22-2)16-12(15-8)17-13(19)18-23(20,21)10-6-4-3-5-9(10)14/h7,9-10H,3-6H2,1-2H3,(H2,15,16,17,18,19). The average Bonchev–Trinajstić information content (AvgIpc) is 2.46. The smallest absolute Gasteiger partial charge is 0.335 e. The van der Waals surface area contributed by atoms with Gasteiger partial charge in [-0.15, -0.1) is 11.6 Å². The van der Waals surface area contributed by atoms with Crippen molar-refractivity contribution >= 4 is 33.6 Å². The van der Waals surface area contributed by atoms with Crippen LogP contribution in [0.3, 0.4) is 0 Å². The number of nitrogens with one attached hydrogen (secondary N) is 2. The minimum absolute atomic E-state index is 0.0411. The molecule has 1 aromatic rings. The van der Waals surface area contributed by atoms with E-state index in [2.05, 4.69) is 15.3 Å². The Morgan fingerprint density at radius 1 is 1.35 bits per heavy atom. The highest BCUT2D eigenvalue weighted by Crippen LogP contribution is 2.27. The molecule has 0 spiro atoms. The molecule has 2 unspecified atom stereocenters. The van der Waals surface area contributed by atoms with Crippen LogP contribution in [0, 0.1) is 6.92 Å². The number of rotatable bonds is 4. The van der Waals surface area contributed by atoms with Crippen molar-refractivity contribution in [1.29, 1.82) is 0 Å². The molecule has 1 fully saturated rings. The third kappa shape index (κ3) is 4.68. The molecule has 10 heteroatoms. The zero-order valence-corrected chi connectivity index (χ0v) is 14.4. The number of sulfonamides is 1. The number of carbonyl (C=O) groups excluding carboxylic acids is 1. The molecule has 128 valence electrons. The van der Waals surface area contributed by atoms with E-state index in [9.17, 15) is 13.2 Å². The fraction of sp³-hybridized carbons (Fsp3) is 0.615. The van der Waals surface area contributed by atoms with E-state index in [0.717, 1.165) is 12.8 Å². The third-order valence-corrected chi connectivity index (χ3v) is 6.02. The van der Waals surface area contributed by atoms with Crippen molar-refractivity contribution in [2.45, 2.75) is 43.2 Å². The largest absolute Gasteiger partial charge is 0.481 e. The number of hydrogen-bond donors (Lipinski definition) is 2. The van der Waals surface area contributed by atoms with Crippen LogP contribution in [0.2, 0.25) is 0 Å². The van der Waals surface area contributed by atoms with E-state index >= 15 is 0 Å². The Morgan fingerprint density at radius 2 is 2.04 bits per heavy atom. The maximum absolute atomic E-state index is 12.3. The van der Waals surface area contributed by atoms with Crippen molar-refractivity contribution in [3.05, 3.63) is 11.8 Å². The Bertz CT molecular complexity index is 683. The minimum atomic E-state index is -3.86. The summed E-state index contributed by atoms with van der Waals surface area (Å²) in [5.41, 5.74) is 0.572. The Kier molecular flexibility index (Phi) is 5.64. The molecule has 1 saturated carbocycles. The van der Waals surface area contributed by atoms with Gasteiger partial charge in [-0.05, 0) is 19.8 Å². The van der Waals surface area contributed by atoms with E-state index in [4.69, 9.17) is 16.3 Å². The third-order valence-electron chi connectivity index (χ3n) is 3.52. The number of anilines is 1. The van der Waals surface area contributed by atoms with Crippen LogP contribution in [-0.2, 0) is 10.0 Å². The summed E-state index contributed by atoms with van der Waals surface area (Å²) in [6.07, 6.45) is 2.72. The molecule has 1 aromatic heterocycles. The van der Waals surface area contributed by atoms with E-state index in [1.165, 1.54) is 7.11 Å². The number of aryl methyl sites for hydroxylation is 1. The highest BCUT2D eigenvalue weighted by atomic mass is 35.5. The highest BCUT2D eigenvalue weighted by molar-refractivity contribution is 7.90. The molecule has 0 radical (unpaired) electrons.